The number of hydrogen-bond donors (Lipinski definition) is 2. The minimum atomic E-state index is -1.58. The summed E-state index contributed by atoms with van der Waals surface area (Å²) in [5.74, 6) is -1.07. The number of halogens is 1. The summed E-state index contributed by atoms with van der Waals surface area (Å²) in [7, 11) is 1.41. The van der Waals surface area contributed by atoms with Crippen molar-refractivity contribution in [2.75, 3.05) is 7.11 Å². The number of aliphatic hydroxyl groups excluding tert-OH is 1. The molecule has 0 spiro atoms. The first-order chi connectivity index (χ1) is 6.56. The molecule has 0 aliphatic carbocycles. The second-order valence-electron chi connectivity index (χ2n) is 2.49. The summed E-state index contributed by atoms with van der Waals surface area (Å²) in [6.07, 6.45) is -0.207. The highest BCUT2D eigenvalue weighted by atomic mass is 79.9. The molecular formula is C8H8BrNO4. The first-order valence-corrected chi connectivity index (χ1v) is 4.46. The normalized spacial score (nSPS) is 12.2. The quantitative estimate of drug-likeness (QED) is 0.848. The average Bonchev–Trinajstić information content (AvgIpc) is 2.17. The summed E-state index contributed by atoms with van der Waals surface area (Å²) in [6.45, 7) is 0. The molecule has 1 aromatic rings. The number of carbonyl (C=O) groups is 1. The Bertz CT molecular complexity index is 355. The van der Waals surface area contributed by atoms with Gasteiger partial charge in [0.05, 0.1) is 7.11 Å². The molecule has 0 bridgehead atoms. The Labute approximate surface area is 88.5 Å². The molecule has 0 aliphatic heterocycles. The number of aromatic nitrogens is 1. The summed E-state index contributed by atoms with van der Waals surface area (Å²) >= 11 is 3.09. The minimum Gasteiger partial charge on any atom is -0.481 e. The Hall–Kier alpha value is -1.14. The maximum Gasteiger partial charge on any atom is 0.337 e. The smallest absolute Gasteiger partial charge is 0.337 e. The SMILES string of the molecule is COc1cc(C(O)C(=O)O)c(Br)cn1. The van der Waals surface area contributed by atoms with Gasteiger partial charge in [-0.25, -0.2) is 9.78 Å². The number of carboxylic acids is 1. The molecule has 76 valence electrons. The maximum atomic E-state index is 10.5. The van der Waals surface area contributed by atoms with E-state index in [0.717, 1.165) is 0 Å². The Morgan fingerprint density at radius 3 is 2.86 bits per heavy atom. The van der Waals surface area contributed by atoms with Gasteiger partial charge in [0.1, 0.15) is 0 Å². The van der Waals surface area contributed by atoms with E-state index in [4.69, 9.17) is 9.84 Å². The van der Waals surface area contributed by atoms with Crippen molar-refractivity contribution in [1.82, 2.24) is 4.98 Å². The van der Waals surface area contributed by atoms with E-state index in [-0.39, 0.29) is 11.4 Å². The van der Waals surface area contributed by atoms with Gasteiger partial charge in [0, 0.05) is 22.3 Å². The van der Waals surface area contributed by atoms with E-state index in [1.165, 1.54) is 19.4 Å². The lowest BCUT2D eigenvalue weighted by molar-refractivity contribution is -0.147. The third-order valence-electron chi connectivity index (χ3n) is 1.60. The van der Waals surface area contributed by atoms with Gasteiger partial charge < -0.3 is 14.9 Å². The molecule has 14 heavy (non-hydrogen) atoms. The van der Waals surface area contributed by atoms with Crippen molar-refractivity contribution < 1.29 is 19.7 Å². The van der Waals surface area contributed by atoms with Gasteiger partial charge in [-0.15, -0.1) is 0 Å². The van der Waals surface area contributed by atoms with Crippen molar-refractivity contribution in [2.45, 2.75) is 6.10 Å². The second kappa shape index (κ2) is 4.39. The summed E-state index contributed by atoms with van der Waals surface area (Å²) < 4.78 is 5.23. The zero-order valence-electron chi connectivity index (χ0n) is 7.27. The van der Waals surface area contributed by atoms with E-state index < -0.39 is 12.1 Å². The molecule has 0 fully saturated rings. The third-order valence-corrected chi connectivity index (χ3v) is 2.26. The van der Waals surface area contributed by atoms with Crippen molar-refractivity contribution in [3.8, 4) is 5.88 Å². The maximum absolute atomic E-state index is 10.5. The first kappa shape index (κ1) is 10.9. The molecule has 1 rings (SSSR count). The number of pyridine rings is 1. The lowest BCUT2D eigenvalue weighted by Crippen LogP contribution is -2.11. The second-order valence-corrected chi connectivity index (χ2v) is 3.34. The Balaban J connectivity index is 3.11. The van der Waals surface area contributed by atoms with E-state index in [9.17, 15) is 9.90 Å². The number of carboxylic acid groups (broad SMARTS) is 1. The average molecular weight is 262 g/mol. The molecule has 0 saturated carbocycles. The van der Waals surface area contributed by atoms with Gasteiger partial charge in [0.2, 0.25) is 5.88 Å². The lowest BCUT2D eigenvalue weighted by Gasteiger charge is -2.08. The third kappa shape index (κ3) is 2.21. The van der Waals surface area contributed by atoms with Crippen molar-refractivity contribution in [3.63, 3.8) is 0 Å². The highest BCUT2D eigenvalue weighted by Gasteiger charge is 2.19. The fraction of sp³-hybridized carbons (Fsp3) is 0.250. The van der Waals surface area contributed by atoms with Crippen molar-refractivity contribution >= 4 is 21.9 Å². The number of hydrogen-bond acceptors (Lipinski definition) is 4. The van der Waals surface area contributed by atoms with E-state index in [0.29, 0.717) is 4.47 Å². The summed E-state index contributed by atoms with van der Waals surface area (Å²) in [6, 6.07) is 1.36. The van der Waals surface area contributed by atoms with E-state index in [2.05, 4.69) is 20.9 Å². The van der Waals surface area contributed by atoms with Gasteiger partial charge >= 0.3 is 5.97 Å². The highest BCUT2D eigenvalue weighted by molar-refractivity contribution is 9.10. The summed E-state index contributed by atoms with van der Waals surface area (Å²) in [5.41, 5.74) is 0.212. The number of rotatable bonds is 3. The fourth-order valence-electron chi connectivity index (χ4n) is 0.888. The number of aliphatic hydroxyl groups is 1. The van der Waals surface area contributed by atoms with Gasteiger partial charge in [-0.05, 0) is 15.9 Å². The van der Waals surface area contributed by atoms with Crippen LogP contribution in [-0.2, 0) is 4.79 Å². The highest BCUT2D eigenvalue weighted by Crippen LogP contribution is 2.25. The number of aliphatic carboxylic acids is 1. The number of ether oxygens (including phenoxy) is 1. The predicted molar refractivity (Wildman–Crippen MR) is 51.1 cm³/mol. The Morgan fingerprint density at radius 2 is 2.36 bits per heavy atom. The Morgan fingerprint density at radius 1 is 1.71 bits per heavy atom. The van der Waals surface area contributed by atoms with Crippen LogP contribution in [0.2, 0.25) is 0 Å². The summed E-state index contributed by atoms with van der Waals surface area (Å²) in [4.78, 5) is 14.3. The molecule has 5 nitrogen and oxygen atoms in total. The van der Waals surface area contributed by atoms with E-state index >= 15 is 0 Å². The van der Waals surface area contributed by atoms with Crippen molar-refractivity contribution in [3.05, 3.63) is 22.3 Å². The fourth-order valence-corrected chi connectivity index (χ4v) is 1.32. The zero-order chi connectivity index (χ0) is 10.7. The topological polar surface area (TPSA) is 79.7 Å². The van der Waals surface area contributed by atoms with Gasteiger partial charge in [-0.2, -0.15) is 0 Å². The molecule has 0 amide bonds. The Kier molecular flexibility index (Phi) is 3.43. The monoisotopic (exact) mass is 261 g/mol. The van der Waals surface area contributed by atoms with Gasteiger partial charge in [-0.3, -0.25) is 0 Å². The van der Waals surface area contributed by atoms with E-state index in [1.807, 2.05) is 0 Å². The minimum absolute atomic E-state index is 0.212. The van der Waals surface area contributed by atoms with Crippen LogP contribution in [0.25, 0.3) is 0 Å². The molecule has 1 atom stereocenters. The molecular weight excluding hydrogens is 254 g/mol. The van der Waals surface area contributed by atoms with Crippen LogP contribution in [0, 0.1) is 0 Å². The molecule has 0 radical (unpaired) electrons. The van der Waals surface area contributed by atoms with Crippen LogP contribution < -0.4 is 4.74 Å². The lowest BCUT2D eigenvalue weighted by atomic mass is 10.1. The molecule has 2 N–H and O–H groups in total. The van der Waals surface area contributed by atoms with Crippen LogP contribution in [0.1, 0.15) is 11.7 Å². The molecule has 1 aromatic heterocycles. The van der Waals surface area contributed by atoms with Crippen LogP contribution in [-0.4, -0.2) is 28.3 Å². The van der Waals surface area contributed by atoms with Gasteiger partial charge in [-0.1, -0.05) is 0 Å². The molecule has 6 heteroatoms. The zero-order valence-corrected chi connectivity index (χ0v) is 8.85. The van der Waals surface area contributed by atoms with Gasteiger partial charge in [0.25, 0.3) is 0 Å². The van der Waals surface area contributed by atoms with Crippen molar-refractivity contribution in [1.29, 1.82) is 0 Å². The van der Waals surface area contributed by atoms with Crippen LogP contribution in [0.3, 0.4) is 0 Å². The van der Waals surface area contributed by atoms with E-state index in [1.54, 1.807) is 0 Å². The van der Waals surface area contributed by atoms with Crippen LogP contribution in [0.15, 0.2) is 16.7 Å². The van der Waals surface area contributed by atoms with Crippen LogP contribution in [0.5, 0.6) is 5.88 Å². The van der Waals surface area contributed by atoms with Crippen LogP contribution >= 0.6 is 15.9 Å². The summed E-state index contributed by atoms with van der Waals surface area (Å²) in [5, 5.41) is 17.9. The number of methoxy groups -OCH3 is 1. The van der Waals surface area contributed by atoms with Crippen LogP contribution in [0.4, 0.5) is 0 Å². The number of nitrogens with zero attached hydrogens (tertiary/aromatic N) is 1. The predicted octanol–water partition coefficient (Wildman–Crippen LogP) is 0.971. The molecule has 0 aliphatic rings. The molecule has 1 heterocycles. The molecule has 1 unspecified atom stereocenters. The standard InChI is InChI=1S/C8H8BrNO4/c1-14-6-2-4(5(9)3-10-6)7(11)8(12)13/h2-3,7,11H,1H3,(H,12,13). The molecule has 0 aromatic carbocycles. The molecule has 0 saturated heterocycles. The van der Waals surface area contributed by atoms with Crippen molar-refractivity contribution in [2.24, 2.45) is 0 Å². The van der Waals surface area contributed by atoms with Gasteiger partial charge in [0.15, 0.2) is 6.10 Å². The largest absolute Gasteiger partial charge is 0.481 e. The first-order valence-electron chi connectivity index (χ1n) is 3.66.